The number of rotatable bonds is 10. The first-order valence-corrected chi connectivity index (χ1v) is 10.3. The van der Waals surface area contributed by atoms with Gasteiger partial charge in [-0.3, -0.25) is 0 Å². The third kappa shape index (κ3) is 8.27. The van der Waals surface area contributed by atoms with E-state index in [4.69, 9.17) is 4.74 Å². The normalized spacial score (nSPS) is 14.7. The summed E-state index contributed by atoms with van der Waals surface area (Å²) < 4.78 is 5.48. The fourth-order valence-electron chi connectivity index (χ4n) is 3.41. The molecule has 0 fully saturated rings. The van der Waals surface area contributed by atoms with Gasteiger partial charge in [0.1, 0.15) is 6.10 Å². The van der Waals surface area contributed by atoms with Gasteiger partial charge >= 0.3 is 0 Å². The van der Waals surface area contributed by atoms with Gasteiger partial charge in [-0.1, -0.05) is 41.5 Å². The Kier molecular flexibility index (Phi) is 9.49. The predicted octanol–water partition coefficient (Wildman–Crippen LogP) is 3.98. The molecule has 0 aromatic heterocycles. The fraction of sp³-hybridized carbons (Fsp3) is 1.00. The third-order valence-corrected chi connectivity index (χ3v) is 9.08. The molecule has 0 aromatic carbocycles. The Balaban J connectivity index is 5.08. The molecule has 19 heavy (non-hydrogen) atoms. The van der Waals surface area contributed by atoms with E-state index in [0.717, 1.165) is 23.9 Å². The van der Waals surface area contributed by atoms with E-state index in [1.165, 1.54) is 18.5 Å². The van der Waals surface area contributed by atoms with Gasteiger partial charge in [-0.2, -0.15) is 0 Å². The Labute approximate surface area is 121 Å². The van der Waals surface area contributed by atoms with Gasteiger partial charge in [0, 0.05) is 14.4 Å². The minimum absolute atomic E-state index is 0.0320. The van der Waals surface area contributed by atoms with Crippen LogP contribution in [0.3, 0.4) is 0 Å². The molecule has 0 saturated heterocycles. The fourth-order valence-corrected chi connectivity index (χ4v) is 10.1. The highest BCUT2D eigenvalue weighted by Gasteiger charge is 2.41. The molecule has 0 aliphatic rings. The predicted molar refractivity (Wildman–Crippen MR) is 88.8 cm³/mol. The second-order valence-corrected chi connectivity index (χ2v) is 11.4. The van der Waals surface area contributed by atoms with Crippen LogP contribution in [0.25, 0.3) is 0 Å². The van der Waals surface area contributed by atoms with Gasteiger partial charge < -0.3 is 9.84 Å². The van der Waals surface area contributed by atoms with Gasteiger partial charge in [0.2, 0.25) is 0 Å². The SMILES string of the molecule is COC(CO)C[P+](CC(C)C)(CC(C)C)CC(C)C. The molecule has 0 bridgehead atoms. The van der Waals surface area contributed by atoms with Gasteiger partial charge in [0.05, 0.1) is 31.3 Å². The van der Waals surface area contributed by atoms with Gasteiger partial charge in [0.15, 0.2) is 0 Å². The smallest absolute Gasteiger partial charge is 0.114 e. The summed E-state index contributed by atoms with van der Waals surface area (Å²) in [6.45, 7) is 14.1. The molecule has 0 rings (SSSR count). The van der Waals surface area contributed by atoms with Crippen molar-refractivity contribution in [3.63, 3.8) is 0 Å². The molecule has 1 atom stereocenters. The van der Waals surface area contributed by atoms with Crippen LogP contribution in [-0.2, 0) is 4.74 Å². The molecule has 0 aliphatic carbocycles. The lowest BCUT2D eigenvalue weighted by atomic mass is 10.3. The van der Waals surface area contributed by atoms with E-state index in [1.54, 1.807) is 7.11 Å². The summed E-state index contributed by atoms with van der Waals surface area (Å²) in [4.78, 5) is 0. The molecule has 0 spiro atoms. The minimum Gasteiger partial charge on any atom is -0.394 e. The van der Waals surface area contributed by atoms with Crippen LogP contribution in [0.4, 0.5) is 0 Å². The highest BCUT2D eigenvalue weighted by Crippen LogP contribution is 2.62. The highest BCUT2D eigenvalue weighted by atomic mass is 31.2. The molecular formula is C16H36O2P+. The Morgan fingerprint density at radius 1 is 0.789 bits per heavy atom. The molecule has 0 aromatic rings. The Morgan fingerprint density at radius 2 is 1.16 bits per heavy atom. The van der Waals surface area contributed by atoms with Crippen molar-refractivity contribution in [1.29, 1.82) is 0 Å². The van der Waals surface area contributed by atoms with Crippen LogP contribution in [0.2, 0.25) is 0 Å². The number of ether oxygens (including phenoxy) is 1. The van der Waals surface area contributed by atoms with Crippen molar-refractivity contribution in [2.75, 3.05) is 38.4 Å². The number of hydrogen-bond acceptors (Lipinski definition) is 2. The molecule has 3 heteroatoms. The summed E-state index contributed by atoms with van der Waals surface area (Å²) in [6, 6.07) is 0. The monoisotopic (exact) mass is 291 g/mol. The van der Waals surface area contributed by atoms with E-state index in [1.807, 2.05) is 0 Å². The Morgan fingerprint density at radius 3 is 1.37 bits per heavy atom. The lowest BCUT2D eigenvalue weighted by Gasteiger charge is -2.34. The lowest BCUT2D eigenvalue weighted by Crippen LogP contribution is -2.29. The second kappa shape index (κ2) is 9.32. The minimum atomic E-state index is -1.04. The molecule has 0 aliphatic heterocycles. The van der Waals surface area contributed by atoms with E-state index in [0.29, 0.717) is 0 Å². The van der Waals surface area contributed by atoms with Gasteiger partial charge in [-0.25, -0.2) is 0 Å². The van der Waals surface area contributed by atoms with Crippen molar-refractivity contribution in [2.45, 2.75) is 47.6 Å². The second-order valence-electron chi connectivity index (χ2n) is 7.29. The van der Waals surface area contributed by atoms with Crippen molar-refractivity contribution in [1.82, 2.24) is 0 Å². The topological polar surface area (TPSA) is 29.5 Å². The summed E-state index contributed by atoms with van der Waals surface area (Å²) in [5.41, 5.74) is 0. The zero-order chi connectivity index (χ0) is 15.1. The zero-order valence-corrected chi connectivity index (χ0v) is 15.0. The molecule has 0 heterocycles. The van der Waals surface area contributed by atoms with E-state index in [9.17, 15) is 5.11 Å². The zero-order valence-electron chi connectivity index (χ0n) is 14.1. The summed E-state index contributed by atoms with van der Waals surface area (Å²) in [5, 5.41) is 9.48. The maximum Gasteiger partial charge on any atom is 0.114 e. The quantitative estimate of drug-likeness (QED) is 0.617. The third-order valence-electron chi connectivity index (χ3n) is 3.39. The molecule has 1 unspecified atom stereocenters. The van der Waals surface area contributed by atoms with E-state index < -0.39 is 7.26 Å². The van der Waals surface area contributed by atoms with Crippen molar-refractivity contribution in [2.24, 2.45) is 17.8 Å². The van der Waals surface area contributed by atoms with Gasteiger partial charge in [0.25, 0.3) is 0 Å². The maximum atomic E-state index is 9.48. The largest absolute Gasteiger partial charge is 0.394 e. The summed E-state index contributed by atoms with van der Waals surface area (Å²) in [6.07, 6.45) is 5.13. The van der Waals surface area contributed by atoms with Gasteiger partial charge in [-0.05, 0) is 17.8 Å². The molecule has 0 amide bonds. The van der Waals surface area contributed by atoms with E-state index in [-0.39, 0.29) is 12.7 Å². The van der Waals surface area contributed by atoms with Crippen LogP contribution >= 0.6 is 7.26 Å². The number of aliphatic hydroxyl groups excluding tert-OH is 1. The van der Waals surface area contributed by atoms with Crippen LogP contribution in [-0.4, -0.2) is 49.6 Å². The van der Waals surface area contributed by atoms with Gasteiger partial charge in [-0.15, -0.1) is 0 Å². The Bertz CT molecular complexity index is 196. The molecule has 116 valence electrons. The number of hydrogen-bond donors (Lipinski definition) is 1. The average molecular weight is 291 g/mol. The molecule has 1 N–H and O–H groups in total. The molecule has 2 nitrogen and oxygen atoms in total. The first-order valence-electron chi connectivity index (χ1n) is 7.73. The number of methoxy groups -OCH3 is 1. The van der Waals surface area contributed by atoms with Crippen LogP contribution in [0.15, 0.2) is 0 Å². The van der Waals surface area contributed by atoms with Crippen LogP contribution in [0.1, 0.15) is 41.5 Å². The van der Waals surface area contributed by atoms with Crippen LogP contribution in [0, 0.1) is 17.8 Å². The van der Waals surface area contributed by atoms with Crippen LogP contribution in [0.5, 0.6) is 0 Å². The first kappa shape index (κ1) is 19.4. The van der Waals surface area contributed by atoms with Crippen molar-refractivity contribution in [3.8, 4) is 0 Å². The maximum absolute atomic E-state index is 9.48. The molecule has 0 saturated carbocycles. The number of aliphatic hydroxyl groups is 1. The van der Waals surface area contributed by atoms with Crippen molar-refractivity contribution >= 4 is 7.26 Å². The van der Waals surface area contributed by atoms with Crippen molar-refractivity contribution in [3.05, 3.63) is 0 Å². The summed E-state index contributed by atoms with van der Waals surface area (Å²) in [7, 11) is 0.693. The van der Waals surface area contributed by atoms with Crippen LogP contribution < -0.4 is 0 Å². The summed E-state index contributed by atoms with van der Waals surface area (Å²) >= 11 is 0. The van der Waals surface area contributed by atoms with Crippen molar-refractivity contribution < 1.29 is 9.84 Å². The lowest BCUT2D eigenvalue weighted by molar-refractivity contribution is 0.0643. The van der Waals surface area contributed by atoms with E-state index in [2.05, 4.69) is 41.5 Å². The molecular weight excluding hydrogens is 255 g/mol. The van der Waals surface area contributed by atoms with E-state index >= 15 is 0 Å². The first-order chi connectivity index (χ1) is 8.74. The molecule has 0 radical (unpaired) electrons. The summed E-state index contributed by atoms with van der Waals surface area (Å²) in [5.74, 6) is 2.21. The standard InChI is InChI=1S/C16H36O2P/c1-13(2)9-19(10-14(3)4,11-15(5)6)12-16(8-17)18-7/h13-17H,8-12H2,1-7H3/q+1. The average Bonchev–Trinajstić information content (AvgIpc) is 2.22. The Hall–Kier alpha value is 0.350. The highest BCUT2D eigenvalue weighted by molar-refractivity contribution is 7.76.